The zero-order chi connectivity index (χ0) is 13.1. The van der Waals surface area contributed by atoms with Crippen molar-refractivity contribution in [3.8, 4) is 0 Å². The molecule has 1 heterocycles. The maximum absolute atomic E-state index is 12.2. The minimum absolute atomic E-state index is 0.0336. The lowest BCUT2D eigenvalue weighted by Crippen LogP contribution is -2.23. The minimum Gasteiger partial charge on any atom is -0.309 e. The van der Waals surface area contributed by atoms with Gasteiger partial charge in [-0.15, -0.1) is 0 Å². The SMILES string of the molecule is CN(C)CCCn1cnc2cc(Br)ccc2c1=O. The van der Waals surface area contributed by atoms with E-state index in [1.165, 1.54) is 0 Å². The molecule has 1 aromatic carbocycles. The van der Waals surface area contributed by atoms with E-state index in [1.807, 2.05) is 32.3 Å². The Morgan fingerprint density at radius 1 is 1.39 bits per heavy atom. The van der Waals surface area contributed by atoms with Crippen LogP contribution in [0.15, 0.2) is 33.8 Å². The highest BCUT2D eigenvalue weighted by molar-refractivity contribution is 9.10. The first-order valence-electron chi connectivity index (χ1n) is 5.87. The fourth-order valence-corrected chi connectivity index (χ4v) is 2.20. The summed E-state index contributed by atoms with van der Waals surface area (Å²) in [6, 6.07) is 5.55. The van der Waals surface area contributed by atoms with Crippen LogP contribution in [0.2, 0.25) is 0 Å². The van der Waals surface area contributed by atoms with Crippen molar-refractivity contribution in [3.63, 3.8) is 0 Å². The first-order chi connectivity index (χ1) is 8.58. The summed E-state index contributed by atoms with van der Waals surface area (Å²) >= 11 is 3.38. The Labute approximate surface area is 114 Å². The van der Waals surface area contributed by atoms with E-state index < -0.39 is 0 Å². The van der Waals surface area contributed by atoms with Gasteiger partial charge in [0.05, 0.1) is 17.2 Å². The summed E-state index contributed by atoms with van der Waals surface area (Å²) in [6.07, 6.45) is 2.57. The Balaban J connectivity index is 2.28. The third kappa shape index (κ3) is 2.97. The van der Waals surface area contributed by atoms with Gasteiger partial charge >= 0.3 is 0 Å². The van der Waals surface area contributed by atoms with Gasteiger partial charge in [0.25, 0.3) is 5.56 Å². The Morgan fingerprint density at radius 2 is 2.17 bits per heavy atom. The van der Waals surface area contributed by atoms with Crippen LogP contribution in [0.5, 0.6) is 0 Å². The second-order valence-corrected chi connectivity index (χ2v) is 5.48. The van der Waals surface area contributed by atoms with E-state index >= 15 is 0 Å². The minimum atomic E-state index is 0.0336. The van der Waals surface area contributed by atoms with Crippen LogP contribution in [0.4, 0.5) is 0 Å². The number of halogens is 1. The Bertz CT molecular complexity index is 607. The maximum atomic E-state index is 12.2. The first-order valence-corrected chi connectivity index (χ1v) is 6.66. The van der Waals surface area contributed by atoms with Crippen LogP contribution in [-0.4, -0.2) is 35.1 Å². The standard InChI is InChI=1S/C13H16BrN3O/c1-16(2)6-3-7-17-9-15-12-8-10(14)4-5-11(12)13(17)18/h4-5,8-9H,3,6-7H2,1-2H3. The summed E-state index contributed by atoms with van der Waals surface area (Å²) in [4.78, 5) is 18.6. The lowest BCUT2D eigenvalue weighted by Gasteiger charge is -2.10. The van der Waals surface area contributed by atoms with Crippen molar-refractivity contribution >= 4 is 26.8 Å². The summed E-state index contributed by atoms with van der Waals surface area (Å²) in [5.41, 5.74) is 0.768. The predicted molar refractivity (Wildman–Crippen MR) is 76.9 cm³/mol. The van der Waals surface area contributed by atoms with E-state index in [1.54, 1.807) is 10.9 Å². The highest BCUT2D eigenvalue weighted by atomic mass is 79.9. The molecule has 0 spiro atoms. The monoisotopic (exact) mass is 309 g/mol. The number of nitrogens with zero attached hydrogens (tertiary/aromatic N) is 3. The van der Waals surface area contributed by atoms with Crippen molar-refractivity contribution in [1.29, 1.82) is 0 Å². The topological polar surface area (TPSA) is 38.1 Å². The quantitative estimate of drug-likeness (QED) is 0.868. The van der Waals surface area contributed by atoms with E-state index in [-0.39, 0.29) is 5.56 Å². The van der Waals surface area contributed by atoms with E-state index in [2.05, 4.69) is 25.8 Å². The zero-order valence-corrected chi connectivity index (χ0v) is 12.1. The van der Waals surface area contributed by atoms with Crippen molar-refractivity contribution in [2.75, 3.05) is 20.6 Å². The van der Waals surface area contributed by atoms with Crippen molar-refractivity contribution in [3.05, 3.63) is 39.4 Å². The molecule has 0 bridgehead atoms. The van der Waals surface area contributed by atoms with Gasteiger partial charge in [-0.1, -0.05) is 15.9 Å². The second-order valence-electron chi connectivity index (χ2n) is 4.56. The largest absolute Gasteiger partial charge is 0.309 e. The van der Waals surface area contributed by atoms with Crippen LogP contribution in [0.25, 0.3) is 10.9 Å². The van der Waals surface area contributed by atoms with Crippen molar-refractivity contribution < 1.29 is 0 Å². The average molecular weight is 310 g/mol. The molecule has 0 N–H and O–H groups in total. The van der Waals surface area contributed by atoms with Gasteiger partial charge in [-0.2, -0.15) is 0 Å². The predicted octanol–water partition coefficient (Wildman–Crippen LogP) is 2.11. The molecule has 0 amide bonds. The molecule has 96 valence electrons. The van der Waals surface area contributed by atoms with Crippen LogP contribution >= 0.6 is 15.9 Å². The van der Waals surface area contributed by atoms with Crippen molar-refractivity contribution in [2.45, 2.75) is 13.0 Å². The lowest BCUT2D eigenvalue weighted by atomic mass is 10.2. The summed E-state index contributed by atoms with van der Waals surface area (Å²) in [7, 11) is 4.05. The number of aryl methyl sites for hydroxylation is 1. The van der Waals surface area contributed by atoms with Crippen LogP contribution in [0.3, 0.4) is 0 Å². The van der Waals surface area contributed by atoms with E-state index in [0.29, 0.717) is 11.9 Å². The molecule has 4 nitrogen and oxygen atoms in total. The number of benzene rings is 1. The molecule has 2 rings (SSSR count). The van der Waals surface area contributed by atoms with E-state index in [9.17, 15) is 4.79 Å². The van der Waals surface area contributed by atoms with Gasteiger partial charge in [-0.05, 0) is 45.3 Å². The van der Waals surface area contributed by atoms with Crippen LogP contribution in [-0.2, 0) is 6.54 Å². The molecule has 0 fully saturated rings. The molecule has 0 aliphatic heterocycles. The molecule has 0 aliphatic carbocycles. The third-order valence-corrected chi connectivity index (χ3v) is 3.28. The van der Waals surface area contributed by atoms with Gasteiger partial charge in [0, 0.05) is 11.0 Å². The fourth-order valence-electron chi connectivity index (χ4n) is 1.85. The Morgan fingerprint density at radius 3 is 2.89 bits per heavy atom. The van der Waals surface area contributed by atoms with Gasteiger partial charge in [0.1, 0.15) is 0 Å². The smallest absolute Gasteiger partial charge is 0.261 e. The van der Waals surface area contributed by atoms with Gasteiger partial charge in [-0.3, -0.25) is 9.36 Å². The number of hydrogen-bond donors (Lipinski definition) is 0. The Hall–Kier alpha value is -1.20. The molecular formula is C13H16BrN3O. The number of rotatable bonds is 4. The summed E-state index contributed by atoms with van der Waals surface area (Å²) in [5, 5.41) is 0.672. The van der Waals surface area contributed by atoms with Gasteiger partial charge < -0.3 is 4.90 Å². The zero-order valence-electron chi connectivity index (χ0n) is 10.6. The van der Waals surface area contributed by atoms with Gasteiger partial charge in [0.15, 0.2) is 0 Å². The normalized spacial score (nSPS) is 11.3. The number of fused-ring (bicyclic) bond motifs is 1. The molecule has 1 aromatic heterocycles. The molecule has 0 saturated heterocycles. The molecule has 2 aromatic rings. The molecule has 0 unspecified atom stereocenters. The summed E-state index contributed by atoms with van der Waals surface area (Å²) < 4.78 is 2.62. The van der Waals surface area contributed by atoms with Gasteiger partial charge in [0.2, 0.25) is 0 Å². The van der Waals surface area contributed by atoms with E-state index in [4.69, 9.17) is 0 Å². The number of hydrogen-bond acceptors (Lipinski definition) is 3. The van der Waals surface area contributed by atoms with Crippen LogP contribution in [0, 0.1) is 0 Å². The highest BCUT2D eigenvalue weighted by Gasteiger charge is 2.04. The summed E-state index contributed by atoms with van der Waals surface area (Å²) in [5.74, 6) is 0. The summed E-state index contributed by atoms with van der Waals surface area (Å²) in [6.45, 7) is 1.67. The average Bonchev–Trinajstić information content (AvgIpc) is 2.31. The molecular weight excluding hydrogens is 294 g/mol. The lowest BCUT2D eigenvalue weighted by molar-refractivity contribution is 0.384. The molecule has 0 aliphatic rings. The Kier molecular flexibility index (Phi) is 4.14. The molecule has 0 atom stereocenters. The maximum Gasteiger partial charge on any atom is 0.261 e. The van der Waals surface area contributed by atoms with Crippen LogP contribution < -0.4 is 5.56 Å². The third-order valence-electron chi connectivity index (χ3n) is 2.79. The number of aromatic nitrogens is 2. The second kappa shape index (κ2) is 5.63. The van der Waals surface area contributed by atoms with Crippen molar-refractivity contribution in [2.24, 2.45) is 0 Å². The van der Waals surface area contributed by atoms with E-state index in [0.717, 1.165) is 23.0 Å². The molecule has 0 saturated carbocycles. The highest BCUT2D eigenvalue weighted by Crippen LogP contribution is 2.14. The van der Waals surface area contributed by atoms with Crippen molar-refractivity contribution in [1.82, 2.24) is 14.5 Å². The first kappa shape index (κ1) is 13.2. The molecule has 18 heavy (non-hydrogen) atoms. The fraction of sp³-hybridized carbons (Fsp3) is 0.385. The van der Waals surface area contributed by atoms with Gasteiger partial charge in [-0.25, -0.2) is 4.98 Å². The molecule has 0 radical (unpaired) electrons. The molecule has 5 heteroatoms. The van der Waals surface area contributed by atoms with Crippen LogP contribution in [0.1, 0.15) is 6.42 Å².